The fourth-order valence-corrected chi connectivity index (χ4v) is 5.61. The number of carbonyl (C=O) groups excluding carboxylic acids is 1. The third-order valence-electron chi connectivity index (χ3n) is 5.53. The molecule has 2 aromatic carbocycles. The van der Waals surface area contributed by atoms with Crippen LogP contribution in [-0.2, 0) is 26.7 Å². The highest BCUT2D eigenvalue weighted by Gasteiger charge is 2.27. The summed E-state index contributed by atoms with van der Waals surface area (Å²) in [6.07, 6.45) is -0.0647. The second kappa shape index (κ2) is 9.21. The molecule has 0 fully saturated rings. The number of hydrogen-bond acceptors (Lipinski definition) is 4. The fraction of sp³-hybridized carbons (Fsp3) is 0.480. The van der Waals surface area contributed by atoms with Gasteiger partial charge in [0.15, 0.2) is 15.6 Å². The van der Waals surface area contributed by atoms with Crippen LogP contribution in [0.5, 0.6) is 0 Å². The summed E-state index contributed by atoms with van der Waals surface area (Å²) in [4.78, 5) is 13.0. The molecule has 170 valence electrons. The second-order valence-corrected chi connectivity index (χ2v) is 11.3. The minimum absolute atomic E-state index is 0.00156. The predicted octanol–water partition coefficient (Wildman–Crippen LogP) is 5.19. The van der Waals surface area contributed by atoms with E-state index in [2.05, 4.69) is 0 Å². The van der Waals surface area contributed by atoms with Crippen molar-refractivity contribution < 1.29 is 22.7 Å². The lowest BCUT2D eigenvalue weighted by atomic mass is 9.86. The van der Waals surface area contributed by atoms with Crippen molar-refractivity contribution in [1.29, 1.82) is 0 Å². The van der Waals surface area contributed by atoms with Gasteiger partial charge in [-0.15, -0.1) is 0 Å². The second-order valence-electron chi connectivity index (χ2n) is 9.33. The largest absolute Gasteiger partial charge is 0.386 e. The van der Waals surface area contributed by atoms with Crippen LogP contribution in [0.25, 0.3) is 0 Å². The van der Waals surface area contributed by atoms with Gasteiger partial charge >= 0.3 is 0 Å². The summed E-state index contributed by atoms with van der Waals surface area (Å²) in [7, 11) is -3.90. The van der Waals surface area contributed by atoms with Crippen LogP contribution in [-0.4, -0.2) is 25.1 Å². The van der Waals surface area contributed by atoms with Crippen molar-refractivity contribution in [3.05, 3.63) is 64.0 Å². The molecule has 4 nitrogen and oxygen atoms in total. The zero-order valence-corrected chi connectivity index (χ0v) is 20.2. The molecule has 0 amide bonds. The highest BCUT2D eigenvalue weighted by molar-refractivity contribution is 7.92. The first-order valence-corrected chi connectivity index (χ1v) is 12.2. The first-order chi connectivity index (χ1) is 14.1. The van der Waals surface area contributed by atoms with Crippen molar-refractivity contribution in [2.24, 2.45) is 0 Å². The first kappa shape index (κ1) is 25.2. The molecule has 2 aromatic rings. The van der Waals surface area contributed by atoms with Crippen molar-refractivity contribution in [1.82, 2.24) is 0 Å². The predicted molar refractivity (Wildman–Crippen MR) is 122 cm³/mol. The molecule has 0 radical (unpaired) electrons. The number of sulfone groups is 1. The molecule has 0 aliphatic carbocycles. The Bertz CT molecular complexity index is 1050. The van der Waals surface area contributed by atoms with Gasteiger partial charge < -0.3 is 5.11 Å². The van der Waals surface area contributed by atoms with E-state index in [0.717, 1.165) is 11.1 Å². The molecule has 0 spiro atoms. The SMILES string of the molecule is Cc1c(C(C)(C)O)cccc1S(=O)(=O)CC(=O)Cc1c(C(C)C)cc(F)cc1C(C)C. The number of Topliss-reactive ketones (excluding diaryl/α,β-unsaturated/α-hetero) is 1. The Balaban J connectivity index is 2.42. The van der Waals surface area contributed by atoms with E-state index in [0.29, 0.717) is 16.7 Å². The lowest BCUT2D eigenvalue weighted by molar-refractivity contribution is -0.116. The van der Waals surface area contributed by atoms with Crippen molar-refractivity contribution in [3.8, 4) is 0 Å². The van der Waals surface area contributed by atoms with E-state index in [9.17, 15) is 22.7 Å². The van der Waals surface area contributed by atoms with Crippen LogP contribution in [0.3, 0.4) is 0 Å². The molecular formula is C25H33FO4S. The Morgan fingerprint density at radius 1 is 1.06 bits per heavy atom. The van der Waals surface area contributed by atoms with E-state index in [-0.39, 0.29) is 29.0 Å². The number of hydrogen-bond donors (Lipinski definition) is 1. The molecule has 31 heavy (non-hydrogen) atoms. The Kier molecular flexibility index (Phi) is 7.49. The maximum Gasteiger partial charge on any atom is 0.185 e. The standard InChI is InChI=1S/C25H33FO4S/c1-15(2)20-11-18(26)12-21(16(3)4)22(20)13-19(27)14-31(29,30)24-10-8-9-23(17(24)5)25(6,7)28/h8-12,15-16,28H,13-14H2,1-7H3. The molecule has 0 atom stereocenters. The minimum atomic E-state index is -3.90. The number of rotatable bonds is 8. The number of benzene rings is 2. The lowest BCUT2D eigenvalue weighted by Crippen LogP contribution is -2.23. The molecule has 6 heteroatoms. The van der Waals surface area contributed by atoms with Gasteiger partial charge in [0.1, 0.15) is 11.6 Å². The summed E-state index contributed by atoms with van der Waals surface area (Å²) in [5.41, 5.74) is 1.92. The van der Waals surface area contributed by atoms with Crippen molar-refractivity contribution in [2.45, 2.75) is 77.2 Å². The van der Waals surface area contributed by atoms with Gasteiger partial charge in [0, 0.05) is 6.42 Å². The van der Waals surface area contributed by atoms with Crippen LogP contribution in [0.2, 0.25) is 0 Å². The molecule has 0 saturated heterocycles. The number of carbonyl (C=O) groups is 1. The number of halogens is 1. The van der Waals surface area contributed by atoms with E-state index in [4.69, 9.17) is 0 Å². The summed E-state index contributed by atoms with van der Waals surface area (Å²) in [5.74, 6) is -1.44. The zero-order chi connectivity index (χ0) is 23.7. The first-order valence-electron chi connectivity index (χ1n) is 10.5. The maximum atomic E-state index is 14.1. The quantitative estimate of drug-likeness (QED) is 0.603. The average molecular weight is 449 g/mol. The van der Waals surface area contributed by atoms with Crippen molar-refractivity contribution in [3.63, 3.8) is 0 Å². The highest BCUT2D eigenvalue weighted by atomic mass is 32.2. The van der Waals surface area contributed by atoms with Gasteiger partial charge in [-0.25, -0.2) is 12.8 Å². The van der Waals surface area contributed by atoms with Crippen molar-refractivity contribution in [2.75, 3.05) is 5.75 Å². The smallest absolute Gasteiger partial charge is 0.185 e. The molecule has 0 aliphatic rings. The molecular weight excluding hydrogens is 415 g/mol. The fourth-order valence-electron chi connectivity index (χ4n) is 4.07. The van der Waals surface area contributed by atoms with Gasteiger partial charge in [0.2, 0.25) is 0 Å². The third kappa shape index (κ3) is 5.80. The van der Waals surface area contributed by atoms with Gasteiger partial charge in [-0.1, -0.05) is 39.8 Å². The molecule has 2 rings (SSSR count). The molecule has 0 aliphatic heterocycles. The Hall–Kier alpha value is -2.05. The van der Waals surface area contributed by atoms with Gasteiger partial charge in [0.25, 0.3) is 0 Å². The van der Waals surface area contributed by atoms with Crippen LogP contribution in [0, 0.1) is 12.7 Å². The molecule has 0 unspecified atom stereocenters. The third-order valence-corrected chi connectivity index (χ3v) is 7.35. The maximum absolute atomic E-state index is 14.1. The Morgan fingerprint density at radius 3 is 2.03 bits per heavy atom. The highest BCUT2D eigenvalue weighted by Crippen LogP contribution is 2.31. The van der Waals surface area contributed by atoms with Crippen molar-refractivity contribution >= 4 is 15.6 Å². The summed E-state index contributed by atoms with van der Waals surface area (Å²) in [6, 6.07) is 7.59. The van der Waals surface area contributed by atoms with E-state index in [1.807, 2.05) is 27.7 Å². The van der Waals surface area contributed by atoms with E-state index < -0.39 is 27.0 Å². The van der Waals surface area contributed by atoms with Gasteiger partial charge in [0.05, 0.1) is 10.5 Å². The van der Waals surface area contributed by atoms with E-state index >= 15 is 0 Å². The molecule has 0 heterocycles. The molecule has 0 bridgehead atoms. The summed E-state index contributed by atoms with van der Waals surface area (Å²) < 4.78 is 40.3. The Labute approximate surface area is 185 Å². The summed E-state index contributed by atoms with van der Waals surface area (Å²) >= 11 is 0. The van der Waals surface area contributed by atoms with E-state index in [1.54, 1.807) is 32.9 Å². The van der Waals surface area contributed by atoms with Crippen LogP contribution in [0.15, 0.2) is 35.2 Å². The number of ketones is 1. The molecule has 0 saturated carbocycles. The number of aliphatic hydroxyl groups is 1. The topological polar surface area (TPSA) is 71.4 Å². The normalized spacial score (nSPS) is 12.6. The lowest BCUT2D eigenvalue weighted by Gasteiger charge is -2.22. The minimum Gasteiger partial charge on any atom is -0.386 e. The van der Waals surface area contributed by atoms with Gasteiger partial charge in [-0.3, -0.25) is 4.79 Å². The van der Waals surface area contributed by atoms with Crippen LogP contribution in [0.1, 0.15) is 81.2 Å². The summed E-state index contributed by atoms with van der Waals surface area (Å²) in [6.45, 7) is 12.5. The molecule has 1 N–H and O–H groups in total. The monoisotopic (exact) mass is 448 g/mol. The Morgan fingerprint density at radius 2 is 1.58 bits per heavy atom. The van der Waals surface area contributed by atoms with Gasteiger partial charge in [-0.2, -0.15) is 0 Å². The average Bonchev–Trinajstić information content (AvgIpc) is 2.60. The van der Waals surface area contributed by atoms with Gasteiger partial charge in [-0.05, 0) is 78.6 Å². The van der Waals surface area contributed by atoms with Crippen LogP contribution < -0.4 is 0 Å². The summed E-state index contributed by atoms with van der Waals surface area (Å²) in [5, 5.41) is 10.3. The van der Waals surface area contributed by atoms with Crippen LogP contribution >= 0.6 is 0 Å². The van der Waals surface area contributed by atoms with E-state index in [1.165, 1.54) is 18.2 Å². The van der Waals surface area contributed by atoms with Crippen LogP contribution in [0.4, 0.5) is 4.39 Å². The molecule has 0 aromatic heterocycles. The zero-order valence-electron chi connectivity index (χ0n) is 19.4.